The van der Waals surface area contributed by atoms with Gasteiger partial charge in [-0.05, 0) is 26.0 Å². The summed E-state index contributed by atoms with van der Waals surface area (Å²) in [4.78, 5) is 0. The third-order valence-corrected chi connectivity index (χ3v) is 2.78. The third-order valence-electron chi connectivity index (χ3n) is 2.78. The molecule has 15 heavy (non-hydrogen) atoms. The second kappa shape index (κ2) is 3.88. The highest BCUT2D eigenvalue weighted by Gasteiger charge is 2.04. The minimum atomic E-state index is 0.923. The second-order valence-electron chi connectivity index (χ2n) is 3.88. The number of rotatable bonds is 3. The van der Waals surface area contributed by atoms with E-state index in [1.165, 1.54) is 11.4 Å². The van der Waals surface area contributed by atoms with E-state index < -0.39 is 0 Å². The van der Waals surface area contributed by atoms with E-state index in [1.807, 2.05) is 11.6 Å². The maximum Gasteiger partial charge on any atom is 0.134 e. The average Bonchev–Trinajstić information content (AvgIpc) is 2.73. The van der Waals surface area contributed by atoms with Crippen molar-refractivity contribution >= 4 is 0 Å². The number of hydrogen-bond donors (Lipinski definition) is 0. The first kappa shape index (κ1) is 9.96. The van der Waals surface area contributed by atoms with E-state index in [1.54, 1.807) is 6.33 Å². The van der Waals surface area contributed by atoms with Crippen LogP contribution in [-0.2, 0) is 20.0 Å². The van der Waals surface area contributed by atoms with Crippen molar-refractivity contribution in [2.45, 2.75) is 26.8 Å². The van der Waals surface area contributed by atoms with Gasteiger partial charge in [-0.25, -0.2) is 0 Å². The molecule has 0 aliphatic rings. The summed E-state index contributed by atoms with van der Waals surface area (Å²) in [6.45, 7) is 5.23. The van der Waals surface area contributed by atoms with Gasteiger partial charge in [0, 0.05) is 31.4 Å². The molecule has 0 unspecified atom stereocenters. The summed E-state index contributed by atoms with van der Waals surface area (Å²) in [5, 5.41) is 7.94. The van der Waals surface area contributed by atoms with Crippen molar-refractivity contribution in [3.05, 3.63) is 35.7 Å². The smallest absolute Gasteiger partial charge is 0.134 e. The fourth-order valence-electron chi connectivity index (χ4n) is 1.80. The minimum absolute atomic E-state index is 0.923. The molecular weight excluding hydrogens is 188 g/mol. The van der Waals surface area contributed by atoms with Crippen LogP contribution in [0.15, 0.2) is 18.5 Å². The quantitative estimate of drug-likeness (QED) is 0.759. The summed E-state index contributed by atoms with van der Waals surface area (Å²) in [5.74, 6) is 1.03. The molecule has 0 fully saturated rings. The van der Waals surface area contributed by atoms with Crippen LogP contribution in [0.3, 0.4) is 0 Å². The van der Waals surface area contributed by atoms with Crippen molar-refractivity contribution in [3.8, 4) is 0 Å². The lowest BCUT2D eigenvalue weighted by atomic mass is 10.3. The largest absolute Gasteiger partial charge is 0.349 e. The topological polar surface area (TPSA) is 35.6 Å². The first-order valence-electron chi connectivity index (χ1n) is 5.14. The Morgan fingerprint density at radius 1 is 1.20 bits per heavy atom. The van der Waals surface area contributed by atoms with E-state index in [0.717, 1.165) is 18.8 Å². The molecule has 4 nitrogen and oxygen atoms in total. The summed E-state index contributed by atoms with van der Waals surface area (Å²) in [7, 11) is 1.98. The molecule has 0 aliphatic carbocycles. The molecule has 2 aromatic heterocycles. The second-order valence-corrected chi connectivity index (χ2v) is 3.88. The summed E-state index contributed by atoms with van der Waals surface area (Å²) >= 11 is 0. The zero-order chi connectivity index (χ0) is 10.8. The van der Waals surface area contributed by atoms with E-state index >= 15 is 0 Å². The van der Waals surface area contributed by atoms with Gasteiger partial charge in [-0.3, -0.25) is 0 Å². The number of aryl methyl sites for hydroxylation is 4. The van der Waals surface area contributed by atoms with Crippen molar-refractivity contribution in [3.63, 3.8) is 0 Å². The normalized spacial score (nSPS) is 10.9. The van der Waals surface area contributed by atoms with Gasteiger partial charge in [0.15, 0.2) is 0 Å². The Hall–Kier alpha value is -1.58. The lowest BCUT2D eigenvalue weighted by Gasteiger charge is -2.08. The van der Waals surface area contributed by atoms with Crippen LogP contribution < -0.4 is 0 Å². The molecule has 2 heterocycles. The Morgan fingerprint density at radius 2 is 1.87 bits per heavy atom. The fraction of sp³-hybridized carbons (Fsp3) is 0.455. The Bertz CT molecular complexity index is 433. The van der Waals surface area contributed by atoms with Gasteiger partial charge in [0.05, 0.1) is 0 Å². The first-order chi connectivity index (χ1) is 7.18. The van der Waals surface area contributed by atoms with Crippen LogP contribution in [0, 0.1) is 13.8 Å². The summed E-state index contributed by atoms with van der Waals surface area (Å²) in [5.41, 5.74) is 2.60. The van der Waals surface area contributed by atoms with Crippen LogP contribution in [0.1, 0.15) is 17.2 Å². The van der Waals surface area contributed by atoms with Crippen molar-refractivity contribution in [2.75, 3.05) is 0 Å². The monoisotopic (exact) mass is 204 g/mol. The lowest BCUT2D eigenvalue weighted by Crippen LogP contribution is -2.08. The fourth-order valence-corrected chi connectivity index (χ4v) is 1.80. The molecular formula is C11H16N4. The molecule has 0 atom stereocenters. The van der Waals surface area contributed by atoms with Gasteiger partial charge in [0.1, 0.15) is 12.2 Å². The predicted octanol–water partition coefficient (Wildman–Crippen LogP) is 1.48. The highest BCUT2D eigenvalue weighted by atomic mass is 15.2. The molecule has 0 bridgehead atoms. The third kappa shape index (κ3) is 1.93. The van der Waals surface area contributed by atoms with Crippen LogP contribution in [0.5, 0.6) is 0 Å². The van der Waals surface area contributed by atoms with Crippen LogP contribution in [0.25, 0.3) is 0 Å². The molecule has 2 aromatic rings. The van der Waals surface area contributed by atoms with Gasteiger partial charge in [-0.15, -0.1) is 10.2 Å². The Kier molecular flexibility index (Phi) is 2.58. The molecule has 0 spiro atoms. The van der Waals surface area contributed by atoms with Crippen molar-refractivity contribution < 1.29 is 0 Å². The van der Waals surface area contributed by atoms with E-state index in [2.05, 4.69) is 40.7 Å². The minimum Gasteiger partial charge on any atom is -0.349 e. The first-order valence-corrected chi connectivity index (χ1v) is 5.14. The van der Waals surface area contributed by atoms with E-state index in [9.17, 15) is 0 Å². The molecule has 2 rings (SSSR count). The Labute approximate surface area is 89.6 Å². The van der Waals surface area contributed by atoms with Gasteiger partial charge in [-0.2, -0.15) is 0 Å². The molecule has 0 aliphatic heterocycles. The molecule has 4 heteroatoms. The molecule has 0 saturated heterocycles. The van der Waals surface area contributed by atoms with Crippen LogP contribution in [0.4, 0.5) is 0 Å². The maximum absolute atomic E-state index is 4.07. The SMILES string of the molecule is Cc1ccc(C)n1CCc1nncn1C. The van der Waals surface area contributed by atoms with Crippen molar-refractivity contribution in [1.29, 1.82) is 0 Å². The van der Waals surface area contributed by atoms with E-state index in [0.29, 0.717) is 0 Å². The molecule has 80 valence electrons. The van der Waals surface area contributed by atoms with E-state index in [-0.39, 0.29) is 0 Å². The summed E-state index contributed by atoms with van der Waals surface area (Å²) < 4.78 is 4.27. The average molecular weight is 204 g/mol. The molecule has 0 saturated carbocycles. The predicted molar refractivity (Wildman–Crippen MR) is 58.6 cm³/mol. The van der Waals surface area contributed by atoms with Crippen molar-refractivity contribution in [1.82, 2.24) is 19.3 Å². The van der Waals surface area contributed by atoms with Gasteiger partial charge in [0.25, 0.3) is 0 Å². The zero-order valence-corrected chi connectivity index (χ0v) is 9.44. The highest BCUT2D eigenvalue weighted by Crippen LogP contribution is 2.08. The molecule has 0 aromatic carbocycles. The highest BCUT2D eigenvalue weighted by molar-refractivity contribution is 5.13. The van der Waals surface area contributed by atoms with Crippen molar-refractivity contribution in [2.24, 2.45) is 7.05 Å². The van der Waals surface area contributed by atoms with Crippen LogP contribution in [0.2, 0.25) is 0 Å². The van der Waals surface area contributed by atoms with Crippen LogP contribution in [-0.4, -0.2) is 19.3 Å². The van der Waals surface area contributed by atoms with Gasteiger partial charge in [-0.1, -0.05) is 0 Å². The van der Waals surface area contributed by atoms with Gasteiger partial charge >= 0.3 is 0 Å². The summed E-state index contributed by atoms with van der Waals surface area (Å²) in [6.07, 6.45) is 2.66. The Morgan fingerprint density at radius 3 is 2.40 bits per heavy atom. The summed E-state index contributed by atoms with van der Waals surface area (Å²) in [6, 6.07) is 4.29. The standard InChI is InChI=1S/C11H16N4/c1-9-4-5-10(2)15(9)7-6-11-13-12-8-14(11)3/h4-5,8H,6-7H2,1-3H3. The number of nitrogens with zero attached hydrogens (tertiary/aromatic N) is 4. The Balaban J connectivity index is 2.08. The van der Waals surface area contributed by atoms with Crippen LogP contribution >= 0.6 is 0 Å². The van der Waals surface area contributed by atoms with Gasteiger partial charge < -0.3 is 9.13 Å². The maximum atomic E-state index is 4.07. The van der Waals surface area contributed by atoms with Gasteiger partial charge in [0.2, 0.25) is 0 Å². The number of aromatic nitrogens is 4. The number of hydrogen-bond acceptors (Lipinski definition) is 2. The zero-order valence-electron chi connectivity index (χ0n) is 9.44. The van der Waals surface area contributed by atoms with E-state index in [4.69, 9.17) is 0 Å². The molecule has 0 radical (unpaired) electrons. The molecule has 0 N–H and O–H groups in total. The molecule has 0 amide bonds. The lowest BCUT2D eigenvalue weighted by molar-refractivity contribution is 0.627.